The third kappa shape index (κ3) is 3.73. The van der Waals surface area contributed by atoms with Gasteiger partial charge in [-0.15, -0.1) is 11.3 Å². The number of thiocarbonyl (C=S) groups is 1. The summed E-state index contributed by atoms with van der Waals surface area (Å²) in [6.45, 7) is 2.01. The molecule has 0 aliphatic carbocycles. The minimum Gasteiger partial charge on any atom is -0.340 e. The zero-order valence-electron chi connectivity index (χ0n) is 11.6. The number of hydrogen-bond donors (Lipinski definition) is 3. The normalized spacial score (nSPS) is 10.0. The van der Waals surface area contributed by atoms with Gasteiger partial charge in [0.25, 0.3) is 0 Å². The van der Waals surface area contributed by atoms with Crippen LogP contribution in [0.5, 0.6) is 0 Å². The summed E-state index contributed by atoms with van der Waals surface area (Å²) in [6, 6.07) is 3.47. The van der Waals surface area contributed by atoms with Crippen LogP contribution in [-0.4, -0.2) is 28.0 Å². The van der Waals surface area contributed by atoms with Crippen molar-refractivity contribution in [1.29, 1.82) is 0 Å². The quantitative estimate of drug-likeness (QED) is 0.594. The average Bonchev–Trinajstić information content (AvgIpc) is 2.97. The first kappa shape index (κ1) is 15.3. The second-order valence-corrected chi connectivity index (χ2v) is 5.46. The van der Waals surface area contributed by atoms with Gasteiger partial charge >= 0.3 is 6.03 Å². The summed E-state index contributed by atoms with van der Waals surface area (Å²) in [7, 11) is 1.53. The lowest BCUT2D eigenvalue weighted by molar-refractivity contribution is 0.241. The van der Waals surface area contributed by atoms with Gasteiger partial charge in [-0.05, 0) is 18.6 Å². The van der Waals surface area contributed by atoms with Gasteiger partial charge in [0.05, 0.1) is 10.6 Å². The largest absolute Gasteiger partial charge is 0.340 e. The number of nitrogens with zero attached hydrogens (tertiary/aromatic N) is 2. The van der Waals surface area contributed by atoms with Crippen molar-refractivity contribution in [3.05, 3.63) is 35.1 Å². The summed E-state index contributed by atoms with van der Waals surface area (Å²) in [4.78, 5) is 21.1. The molecule has 110 valence electrons. The van der Waals surface area contributed by atoms with Crippen LogP contribution in [0.2, 0.25) is 0 Å². The van der Waals surface area contributed by atoms with Crippen LogP contribution in [0, 0.1) is 0 Å². The van der Waals surface area contributed by atoms with E-state index in [1.165, 1.54) is 18.4 Å². The van der Waals surface area contributed by atoms with Crippen LogP contribution in [0.25, 0.3) is 10.6 Å². The fourth-order valence-electron chi connectivity index (χ4n) is 1.61. The molecular weight excluding hydrogens is 306 g/mol. The molecule has 3 N–H and O–H groups in total. The molecular formula is C13H15N5OS2. The monoisotopic (exact) mass is 321 g/mol. The summed E-state index contributed by atoms with van der Waals surface area (Å²) in [5, 5.41) is 3.30. The number of hydrazine groups is 1. The predicted octanol–water partition coefficient (Wildman–Crippen LogP) is 1.88. The Morgan fingerprint density at radius 2 is 2.24 bits per heavy atom. The fraction of sp³-hybridized carbons (Fsp3) is 0.231. The molecule has 2 heterocycles. The molecule has 2 rings (SSSR count). The van der Waals surface area contributed by atoms with Gasteiger partial charge in [-0.2, -0.15) is 0 Å². The number of pyridine rings is 1. The highest BCUT2D eigenvalue weighted by Crippen LogP contribution is 2.28. The van der Waals surface area contributed by atoms with E-state index in [4.69, 9.17) is 12.2 Å². The Balaban J connectivity index is 2.21. The van der Waals surface area contributed by atoms with Crippen LogP contribution >= 0.6 is 23.6 Å². The summed E-state index contributed by atoms with van der Waals surface area (Å²) in [6.07, 6.45) is 4.24. The van der Waals surface area contributed by atoms with Gasteiger partial charge in [0.15, 0.2) is 0 Å². The number of nitrogens with one attached hydrogen (secondary N) is 3. The zero-order valence-corrected chi connectivity index (χ0v) is 13.3. The van der Waals surface area contributed by atoms with Gasteiger partial charge in [0.1, 0.15) is 10.00 Å². The summed E-state index contributed by atoms with van der Waals surface area (Å²) < 4.78 is 0. The highest BCUT2D eigenvalue weighted by atomic mass is 32.1. The first-order chi connectivity index (χ1) is 10.2. The maximum absolute atomic E-state index is 11.2. The number of rotatable bonds is 3. The number of urea groups is 1. The number of amides is 2. The van der Waals surface area contributed by atoms with Gasteiger partial charge < -0.3 is 5.32 Å². The highest BCUT2D eigenvalue weighted by Gasteiger charge is 2.15. The zero-order chi connectivity index (χ0) is 15.2. The van der Waals surface area contributed by atoms with E-state index in [0.717, 1.165) is 27.6 Å². The Bertz CT molecular complexity index is 641. The van der Waals surface area contributed by atoms with Crippen LogP contribution < -0.4 is 16.2 Å². The molecule has 0 fully saturated rings. The molecule has 0 radical (unpaired) electrons. The van der Waals surface area contributed by atoms with Crippen LogP contribution in [0.3, 0.4) is 0 Å². The van der Waals surface area contributed by atoms with Crippen molar-refractivity contribution in [1.82, 2.24) is 26.1 Å². The molecule has 0 aliphatic heterocycles. The number of carbonyl (C=O) groups excluding carboxylic acids is 1. The van der Waals surface area contributed by atoms with E-state index in [1.54, 1.807) is 12.4 Å². The van der Waals surface area contributed by atoms with E-state index in [-0.39, 0.29) is 6.03 Å². The Kier molecular flexibility index (Phi) is 5.18. The summed E-state index contributed by atoms with van der Waals surface area (Å²) in [5.41, 5.74) is 7.02. The smallest absolute Gasteiger partial charge is 0.333 e. The number of carbonyl (C=O) groups is 1. The van der Waals surface area contributed by atoms with E-state index in [9.17, 15) is 4.79 Å². The SMILES string of the molecule is CCc1nc(-c2cccnc2)sc1C(=S)NNC(=O)NC. The van der Waals surface area contributed by atoms with Crippen LogP contribution in [0.4, 0.5) is 4.79 Å². The Morgan fingerprint density at radius 3 is 2.86 bits per heavy atom. The van der Waals surface area contributed by atoms with Crippen molar-refractivity contribution < 1.29 is 4.79 Å². The highest BCUT2D eigenvalue weighted by molar-refractivity contribution is 7.81. The number of hydrogen-bond acceptors (Lipinski definition) is 5. The Hall–Kier alpha value is -2.06. The Morgan fingerprint density at radius 1 is 1.43 bits per heavy atom. The van der Waals surface area contributed by atoms with E-state index in [1.807, 2.05) is 19.1 Å². The van der Waals surface area contributed by atoms with E-state index in [0.29, 0.717) is 4.99 Å². The van der Waals surface area contributed by atoms with Gasteiger partial charge in [0.2, 0.25) is 0 Å². The lowest BCUT2D eigenvalue weighted by atomic mass is 10.3. The average molecular weight is 321 g/mol. The molecule has 0 saturated carbocycles. The minimum absolute atomic E-state index is 0.354. The third-order valence-corrected chi connectivity index (χ3v) is 4.26. The third-order valence-electron chi connectivity index (χ3n) is 2.66. The summed E-state index contributed by atoms with van der Waals surface area (Å²) in [5.74, 6) is 0. The molecule has 0 bridgehead atoms. The number of thiazole rings is 1. The van der Waals surface area contributed by atoms with E-state index in [2.05, 4.69) is 26.1 Å². The molecule has 0 unspecified atom stereocenters. The fourth-order valence-corrected chi connectivity index (χ4v) is 2.95. The van der Waals surface area contributed by atoms with Crippen LogP contribution in [0.1, 0.15) is 17.5 Å². The van der Waals surface area contributed by atoms with Crippen molar-refractivity contribution in [2.45, 2.75) is 13.3 Å². The number of aryl methyl sites for hydroxylation is 1. The van der Waals surface area contributed by atoms with E-state index >= 15 is 0 Å². The lowest BCUT2D eigenvalue weighted by Crippen LogP contribution is -2.45. The predicted molar refractivity (Wildman–Crippen MR) is 87.2 cm³/mol. The molecule has 2 amide bonds. The molecule has 8 heteroatoms. The van der Waals surface area contributed by atoms with Gasteiger partial charge in [-0.25, -0.2) is 9.78 Å². The molecule has 2 aromatic rings. The maximum atomic E-state index is 11.2. The van der Waals surface area contributed by atoms with Crippen molar-refractivity contribution in [2.75, 3.05) is 7.05 Å². The maximum Gasteiger partial charge on any atom is 0.333 e. The van der Waals surface area contributed by atoms with Crippen molar-refractivity contribution >= 4 is 34.6 Å². The standard InChI is InChI=1S/C13H15N5OS2/c1-3-9-10(11(20)17-18-13(19)14-2)21-12(16-9)8-5-4-6-15-7-8/h4-7H,3H2,1-2H3,(H,17,20)(H2,14,18,19). The molecule has 0 atom stereocenters. The topological polar surface area (TPSA) is 78.9 Å². The lowest BCUT2D eigenvalue weighted by Gasteiger charge is -2.08. The first-order valence-electron chi connectivity index (χ1n) is 6.33. The Labute approximate surface area is 132 Å². The molecule has 6 nitrogen and oxygen atoms in total. The second-order valence-electron chi connectivity index (χ2n) is 4.05. The molecule has 0 aliphatic rings. The van der Waals surface area contributed by atoms with Crippen molar-refractivity contribution in [2.24, 2.45) is 0 Å². The van der Waals surface area contributed by atoms with Gasteiger partial charge in [-0.1, -0.05) is 19.1 Å². The first-order valence-corrected chi connectivity index (χ1v) is 7.56. The molecule has 0 aromatic carbocycles. The molecule has 0 saturated heterocycles. The number of aromatic nitrogens is 2. The van der Waals surface area contributed by atoms with Crippen molar-refractivity contribution in [3.63, 3.8) is 0 Å². The van der Waals surface area contributed by atoms with Gasteiger partial charge in [-0.3, -0.25) is 15.8 Å². The molecule has 21 heavy (non-hydrogen) atoms. The van der Waals surface area contributed by atoms with Crippen LogP contribution in [0.15, 0.2) is 24.5 Å². The van der Waals surface area contributed by atoms with Gasteiger partial charge in [0, 0.05) is 25.0 Å². The van der Waals surface area contributed by atoms with Crippen LogP contribution in [-0.2, 0) is 6.42 Å². The molecule has 0 spiro atoms. The van der Waals surface area contributed by atoms with E-state index < -0.39 is 0 Å². The van der Waals surface area contributed by atoms with Crippen molar-refractivity contribution in [3.8, 4) is 10.6 Å². The summed E-state index contributed by atoms with van der Waals surface area (Å²) >= 11 is 6.78. The minimum atomic E-state index is -0.354. The second kappa shape index (κ2) is 7.09. The molecule has 2 aromatic heterocycles.